The molecule has 4 rings (SSSR count). The van der Waals surface area contributed by atoms with Gasteiger partial charge in [-0.2, -0.15) is 0 Å². The van der Waals surface area contributed by atoms with Crippen LogP contribution in [0.25, 0.3) is 10.9 Å². The molecule has 1 aliphatic heterocycles. The van der Waals surface area contributed by atoms with Gasteiger partial charge in [-0.25, -0.2) is 4.99 Å². The Balaban J connectivity index is 1.54. The lowest BCUT2D eigenvalue weighted by Gasteiger charge is -2.14. The molecule has 0 fully saturated rings. The third kappa shape index (κ3) is 4.17. The topological polar surface area (TPSA) is 67.8 Å². The summed E-state index contributed by atoms with van der Waals surface area (Å²) in [5.74, 6) is 2.26. The van der Waals surface area contributed by atoms with E-state index in [-0.39, 0.29) is 0 Å². The third-order valence-electron chi connectivity index (χ3n) is 4.48. The average molecular weight is 376 g/mol. The van der Waals surface area contributed by atoms with Gasteiger partial charge < -0.3 is 20.1 Å². The lowest BCUT2D eigenvalue weighted by molar-refractivity contribution is 0.297. The monoisotopic (exact) mass is 376 g/mol. The molecule has 3 aromatic rings. The van der Waals surface area contributed by atoms with Crippen molar-refractivity contribution in [1.29, 1.82) is 0 Å². The predicted molar refractivity (Wildman–Crippen MR) is 112 cm³/mol. The molecular weight excluding hydrogens is 352 g/mol. The summed E-state index contributed by atoms with van der Waals surface area (Å²) in [6, 6.07) is 16.0. The lowest BCUT2D eigenvalue weighted by atomic mass is 10.1. The number of ether oxygens (including phenoxy) is 2. The number of anilines is 1. The number of nitrogens with one attached hydrogen (secondary N) is 2. The number of hydrogen-bond acceptors (Lipinski definition) is 4. The summed E-state index contributed by atoms with van der Waals surface area (Å²) in [5.41, 5.74) is 2.98. The Kier molecular flexibility index (Phi) is 5.56. The van der Waals surface area contributed by atoms with E-state index >= 15 is 0 Å². The third-order valence-corrected chi connectivity index (χ3v) is 4.48. The molecule has 1 aromatic heterocycles. The summed E-state index contributed by atoms with van der Waals surface area (Å²) < 4.78 is 11.5. The fourth-order valence-corrected chi connectivity index (χ4v) is 3.14. The molecule has 0 spiro atoms. The van der Waals surface area contributed by atoms with E-state index in [1.807, 2.05) is 43.5 Å². The molecule has 2 aromatic carbocycles. The second-order valence-electron chi connectivity index (χ2n) is 6.52. The molecule has 6 nitrogen and oxygen atoms in total. The summed E-state index contributed by atoms with van der Waals surface area (Å²) >= 11 is 0. The lowest BCUT2D eigenvalue weighted by Crippen LogP contribution is -2.30. The molecule has 2 N–H and O–H groups in total. The smallest absolute Gasteiger partial charge is 0.196 e. The Bertz CT molecular complexity index is 982. The van der Waals surface area contributed by atoms with Crippen LogP contribution in [0.1, 0.15) is 18.9 Å². The van der Waals surface area contributed by atoms with Gasteiger partial charge in [-0.15, -0.1) is 0 Å². The summed E-state index contributed by atoms with van der Waals surface area (Å²) in [6.45, 7) is 4.70. The molecule has 0 radical (unpaired) electrons. The maximum Gasteiger partial charge on any atom is 0.196 e. The van der Waals surface area contributed by atoms with Crippen molar-refractivity contribution in [2.75, 3.05) is 25.1 Å². The van der Waals surface area contributed by atoms with Crippen LogP contribution in [-0.2, 0) is 6.54 Å². The first kappa shape index (κ1) is 18.1. The quantitative estimate of drug-likeness (QED) is 0.533. The van der Waals surface area contributed by atoms with Crippen molar-refractivity contribution in [3.63, 3.8) is 0 Å². The van der Waals surface area contributed by atoms with Crippen LogP contribution >= 0.6 is 0 Å². The molecular formula is C22H24N4O2. The summed E-state index contributed by atoms with van der Waals surface area (Å²) in [7, 11) is 0. The number of hydrogen-bond donors (Lipinski definition) is 2. The number of para-hydroxylation sites is 1. The number of pyridine rings is 1. The minimum Gasteiger partial charge on any atom is -0.490 e. The number of rotatable bonds is 4. The maximum atomic E-state index is 5.77. The molecule has 0 bridgehead atoms. The first-order chi connectivity index (χ1) is 13.8. The van der Waals surface area contributed by atoms with Crippen LogP contribution < -0.4 is 20.1 Å². The molecule has 28 heavy (non-hydrogen) atoms. The predicted octanol–water partition coefficient (Wildman–Crippen LogP) is 3.97. The highest BCUT2D eigenvalue weighted by Crippen LogP contribution is 2.32. The van der Waals surface area contributed by atoms with Gasteiger partial charge in [0.15, 0.2) is 17.5 Å². The van der Waals surface area contributed by atoms with Gasteiger partial charge in [-0.05, 0) is 30.7 Å². The van der Waals surface area contributed by atoms with Crippen LogP contribution in [0.15, 0.2) is 59.7 Å². The van der Waals surface area contributed by atoms with Crippen LogP contribution in [0.2, 0.25) is 0 Å². The zero-order chi connectivity index (χ0) is 19.2. The second-order valence-corrected chi connectivity index (χ2v) is 6.52. The van der Waals surface area contributed by atoms with E-state index in [1.54, 1.807) is 0 Å². The van der Waals surface area contributed by atoms with E-state index in [0.717, 1.165) is 46.6 Å². The molecule has 0 amide bonds. The van der Waals surface area contributed by atoms with Gasteiger partial charge in [0.25, 0.3) is 0 Å². The van der Waals surface area contributed by atoms with E-state index in [4.69, 9.17) is 14.5 Å². The highest BCUT2D eigenvalue weighted by molar-refractivity contribution is 5.94. The van der Waals surface area contributed by atoms with Crippen molar-refractivity contribution in [1.82, 2.24) is 10.3 Å². The van der Waals surface area contributed by atoms with E-state index in [1.165, 1.54) is 0 Å². The van der Waals surface area contributed by atoms with Crippen LogP contribution in [0, 0.1) is 0 Å². The second kappa shape index (κ2) is 8.61. The highest BCUT2D eigenvalue weighted by Gasteiger charge is 2.11. The molecule has 0 saturated carbocycles. The minimum atomic E-state index is 0.536. The van der Waals surface area contributed by atoms with E-state index in [9.17, 15) is 0 Å². The summed E-state index contributed by atoms with van der Waals surface area (Å²) in [5, 5.41) is 7.76. The average Bonchev–Trinajstić information content (AvgIpc) is 2.97. The number of benzene rings is 2. The van der Waals surface area contributed by atoms with Crippen molar-refractivity contribution in [2.45, 2.75) is 19.9 Å². The van der Waals surface area contributed by atoms with Gasteiger partial charge >= 0.3 is 0 Å². The van der Waals surface area contributed by atoms with Crippen LogP contribution in [-0.4, -0.2) is 30.7 Å². The Morgan fingerprint density at radius 2 is 1.93 bits per heavy atom. The van der Waals surface area contributed by atoms with E-state index in [2.05, 4.69) is 33.8 Å². The van der Waals surface area contributed by atoms with Gasteiger partial charge in [0.05, 0.1) is 25.3 Å². The Morgan fingerprint density at radius 1 is 1.07 bits per heavy atom. The highest BCUT2D eigenvalue weighted by atomic mass is 16.5. The number of aromatic nitrogens is 1. The van der Waals surface area contributed by atoms with Crippen molar-refractivity contribution in [3.8, 4) is 11.5 Å². The molecule has 2 heterocycles. The largest absolute Gasteiger partial charge is 0.490 e. The van der Waals surface area contributed by atoms with Gasteiger partial charge in [0.1, 0.15) is 0 Å². The first-order valence-corrected chi connectivity index (χ1v) is 9.61. The van der Waals surface area contributed by atoms with Gasteiger partial charge in [0, 0.05) is 36.3 Å². The number of aliphatic imine (C=N–C) groups is 1. The Hall–Kier alpha value is -3.28. The van der Waals surface area contributed by atoms with Gasteiger partial charge in [-0.1, -0.05) is 24.3 Å². The molecule has 144 valence electrons. The van der Waals surface area contributed by atoms with Crippen LogP contribution in [0.4, 0.5) is 5.69 Å². The number of guanidine groups is 1. The molecule has 6 heteroatoms. The summed E-state index contributed by atoms with van der Waals surface area (Å²) in [6.07, 6.45) is 2.71. The Labute approximate surface area is 164 Å². The molecule has 0 aliphatic carbocycles. The molecule has 1 aliphatic rings. The Morgan fingerprint density at radius 3 is 2.82 bits per heavy atom. The number of nitrogens with zero attached hydrogens (tertiary/aromatic N) is 2. The standard InChI is InChI=1S/C22H24N4O2/c1-2-23-22(25-15-17-7-3-6-16-8-4-11-24-21(16)17)26-18-9-10-19-20(14-18)28-13-5-12-27-19/h3-4,6-11,14H,2,5,12-13,15H2,1H3,(H2,23,25,26). The van der Waals surface area contributed by atoms with Crippen molar-refractivity contribution >= 4 is 22.5 Å². The zero-order valence-corrected chi connectivity index (χ0v) is 15.9. The minimum absolute atomic E-state index is 0.536. The fourth-order valence-electron chi connectivity index (χ4n) is 3.14. The maximum absolute atomic E-state index is 5.77. The molecule has 0 saturated heterocycles. The fraction of sp³-hybridized carbons (Fsp3) is 0.273. The van der Waals surface area contributed by atoms with Crippen LogP contribution in [0.5, 0.6) is 11.5 Å². The van der Waals surface area contributed by atoms with E-state index in [0.29, 0.717) is 25.7 Å². The van der Waals surface area contributed by atoms with Crippen molar-refractivity contribution in [3.05, 3.63) is 60.3 Å². The van der Waals surface area contributed by atoms with E-state index < -0.39 is 0 Å². The normalized spacial score (nSPS) is 13.8. The number of fused-ring (bicyclic) bond motifs is 2. The van der Waals surface area contributed by atoms with Crippen LogP contribution in [0.3, 0.4) is 0 Å². The first-order valence-electron chi connectivity index (χ1n) is 9.61. The van der Waals surface area contributed by atoms with Crippen molar-refractivity contribution in [2.24, 2.45) is 4.99 Å². The SMILES string of the molecule is CCNC(=NCc1cccc2cccnc12)Nc1ccc2c(c1)OCCCO2. The summed E-state index contributed by atoms with van der Waals surface area (Å²) in [4.78, 5) is 9.25. The molecule has 0 atom stereocenters. The van der Waals surface area contributed by atoms with Crippen molar-refractivity contribution < 1.29 is 9.47 Å². The zero-order valence-electron chi connectivity index (χ0n) is 15.9. The van der Waals surface area contributed by atoms with Gasteiger partial charge in [-0.3, -0.25) is 4.98 Å². The van der Waals surface area contributed by atoms with Gasteiger partial charge in [0.2, 0.25) is 0 Å². The molecule has 0 unspecified atom stereocenters.